The summed E-state index contributed by atoms with van der Waals surface area (Å²) in [6.45, 7) is 0.334. The number of hydrogen-bond donors (Lipinski definition) is 2. The van der Waals surface area contributed by atoms with E-state index in [2.05, 4.69) is 30.8 Å². The van der Waals surface area contributed by atoms with Gasteiger partial charge in [0.05, 0.1) is 24.5 Å². The number of nitrogens with zero attached hydrogens (tertiary/aromatic N) is 6. The minimum Gasteiger partial charge on any atom is -0.323 e. The maximum atomic E-state index is 14.6. The summed E-state index contributed by atoms with van der Waals surface area (Å²) in [7, 11) is 0. The van der Waals surface area contributed by atoms with Crippen LogP contribution in [-0.2, 0) is 17.5 Å². The highest BCUT2D eigenvalue weighted by Gasteiger charge is 2.36. The summed E-state index contributed by atoms with van der Waals surface area (Å²) in [4.78, 5) is 20.1. The normalized spacial score (nSPS) is 18.1. The van der Waals surface area contributed by atoms with Crippen LogP contribution in [0, 0.1) is 12.7 Å². The number of piperidine rings is 1. The molecule has 9 nitrogen and oxygen atoms in total. The summed E-state index contributed by atoms with van der Waals surface area (Å²) in [6, 6.07) is 1.26. The van der Waals surface area contributed by atoms with Gasteiger partial charge in [-0.15, -0.1) is 5.10 Å². The van der Waals surface area contributed by atoms with Crippen LogP contribution in [0.3, 0.4) is 0 Å². The first-order valence-electron chi connectivity index (χ1n) is 10.0. The highest BCUT2D eigenvalue weighted by atomic mass is 19.4. The quantitative estimate of drug-likeness (QED) is 0.536. The number of aryl methyl sites for hydroxylation is 1. The monoisotopic (exact) mass is 488 g/mol. The Kier molecular flexibility index (Phi) is 6.05. The van der Waals surface area contributed by atoms with Crippen molar-refractivity contribution in [3.05, 3.63) is 47.7 Å². The van der Waals surface area contributed by atoms with Crippen molar-refractivity contribution in [2.24, 2.45) is 0 Å². The number of hydrogen-bond acceptors (Lipinski definition) is 6. The number of pyridine rings is 1. The SMILES string of the molecule is Cc1cc(C(F)(F)F)nn1CC(=O)Nc1cnc(-n2cnc(C3CCC(F)(F)CN3)n2)c(F)c1. The molecule has 0 bridgehead atoms. The first kappa shape index (κ1) is 23.7. The van der Waals surface area contributed by atoms with Gasteiger partial charge in [0.1, 0.15) is 12.9 Å². The molecular weight excluding hydrogens is 470 g/mol. The molecule has 1 amide bonds. The summed E-state index contributed by atoms with van der Waals surface area (Å²) in [5, 5.41) is 12.4. The summed E-state index contributed by atoms with van der Waals surface area (Å²) in [5.74, 6) is -4.44. The molecule has 1 aliphatic rings. The molecule has 0 spiro atoms. The van der Waals surface area contributed by atoms with Crippen LogP contribution in [0.5, 0.6) is 0 Å². The number of nitrogens with one attached hydrogen (secondary N) is 2. The number of rotatable bonds is 5. The second-order valence-electron chi connectivity index (χ2n) is 7.78. The molecule has 0 aliphatic carbocycles. The van der Waals surface area contributed by atoms with E-state index in [0.717, 1.165) is 27.7 Å². The number of anilines is 1. The third-order valence-electron chi connectivity index (χ3n) is 5.11. The van der Waals surface area contributed by atoms with Crippen LogP contribution in [0.4, 0.5) is 32.0 Å². The number of carbonyl (C=O) groups excluding carboxylic acids is 1. The maximum Gasteiger partial charge on any atom is 0.435 e. The molecule has 34 heavy (non-hydrogen) atoms. The molecule has 1 atom stereocenters. The van der Waals surface area contributed by atoms with Crippen LogP contribution in [0.1, 0.15) is 36.1 Å². The number of alkyl halides is 5. The number of amides is 1. The second kappa shape index (κ2) is 8.70. The lowest BCUT2D eigenvalue weighted by Gasteiger charge is -2.27. The van der Waals surface area contributed by atoms with Crippen LogP contribution in [0.2, 0.25) is 0 Å². The van der Waals surface area contributed by atoms with Crippen molar-refractivity contribution in [3.8, 4) is 5.82 Å². The van der Waals surface area contributed by atoms with Crippen LogP contribution >= 0.6 is 0 Å². The molecule has 0 saturated carbocycles. The van der Waals surface area contributed by atoms with Gasteiger partial charge in [-0.05, 0) is 19.4 Å². The number of carbonyl (C=O) groups is 1. The van der Waals surface area contributed by atoms with Gasteiger partial charge >= 0.3 is 6.18 Å². The van der Waals surface area contributed by atoms with E-state index >= 15 is 0 Å². The first-order chi connectivity index (χ1) is 15.9. The Labute approximate surface area is 188 Å². The smallest absolute Gasteiger partial charge is 0.323 e. The zero-order valence-corrected chi connectivity index (χ0v) is 17.6. The summed E-state index contributed by atoms with van der Waals surface area (Å²) >= 11 is 0. The van der Waals surface area contributed by atoms with Gasteiger partial charge in [0.2, 0.25) is 5.91 Å². The molecule has 1 aliphatic heterocycles. The molecule has 4 heterocycles. The van der Waals surface area contributed by atoms with E-state index in [1.807, 2.05) is 0 Å². The van der Waals surface area contributed by atoms with Gasteiger partial charge in [-0.2, -0.15) is 23.0 Å². The van der Waals surface area contributed by atoms with Gasteiger partial charge < -0.3 is 10.6 Å². The molecular formula is C19H18F6N8O. The van der Waals surface area contributed by atoms with E-state index in [1.54, 1.807) is 0 Å². The van der Waals surface area contributed by atoms with Gasteiger partial charge in [-0.25, -0.2) is 23.1 Å². The Hall–Kier alpha value is -3.49. The lowest BCUT2D eigenvalue weighted by Crippen LogP contribution is -2.41. The van der Waals surface area contributed by atoms with Gasteiger partial charge in [-0.1, -0.05) is 0 Å². The van der Waals surface area contributed by atoms with Crippen molar-refractivity contribution < 1.29 is 31.1 Å². The standard InChI is InChI=1S/C19H18F6N8O/c1-10-4-14(19(23,24)25)30-32(10)7-15(34)29-11-5-12(20)17(26-6-11)33-9-28-16(31-33)13-2-3-18(21,22)8-27-13/h4-6,9,13,27H,2-3,7-8H2,1H3,(H,29,34). The van der Waals surface area contributed by atoms with E-state index in [9.17, 15) is 31.1 Å². The maximum absolute atomic E-state index is 14.6. The highest BCUT2D eigenvalue weighted by Crippen LogP contribution is 2.30. The molecule has 1 unspecified atom stereocenters. The van der Waals surface area contributed by atoms with Crippen LogP contribution in [-0.4, -0.2) is 47.9 Å². The lowest BCUT2D eigenvalue weighted by atomic mass is 10.0. The Morgan fingerprint density at radius 3 is 2.65 bits per heavy atom. The fourth-order valence-corrected chi connectivity index (χ4v) is 3.39. The molecule has 0 radical (unpaired) electrons. The minimum atomic E-state index is -4.64. The lowest BCUT2D eigenvalue weighted by molar-refractivity contribution is -0.141. The molecule has 4 rings (SSSR count). The van der Waals surface area contributed by atoms with E-state index in [-0.39, 0.29) is 35.9 Å². The van der Waals surface area contributed by atoms with E-state index in [1.165, 1.54) is 13.3 Å². The molecule has 182 valence electrons. The van der Waals surface area contributed by atoms with Crippen molar-refractivity contribution in [2.75, 3.05) is 11.9 Å². The minimum absolute atomic E-state index is 0.0383. The molecule has 0 aromatic carbocycles. The summed E-state index contributed by atoms with van der Waals surface area (Å²) < 4.78 is 81.4. The molecule has 3 aromatic heterocycles. The Morgan fingerprint density at radius 1 is 1.26 bits per heavy atom. The number of aromatic nitrogens is 6. The first-order valence-corrected chi connectivity index (χ1v) is 10.0. The second-order valence-corrected chi connectivity index (χ2v) is 7.78. The van der Waals surface area contributed by atoms with Crippen molar-refractivity contribution in [1.82, 2.24) is 34.8 Å². The predicted octanol–water partition coefficient (Wildman–Crippen LogP) is 3.02. The third-order valence-corrected chi connectivity index (χ3v) is 5.11. The van der Waals surface area contributed by atoms with Crippen molar-refractivity contribution in [1.29, 1.82) is 0 Å². The zero-order chi connectivity index (χ0) is 24.7. The van der Waals surface area contributed by atoms with E-state index in [0.29, 0.717) is 0 Å². The largest absolute Gasteiger partial charge is 0.435 e. The van der Waals surface area contributed by atoms with Crippen LogP contribution < -0.4 is 10.6 Å². The Morgan fingerprint density at radius 2 is 2.03 bits per heavy atom. The third kappa shape index (κ3) is 5.18. The molecule has 2 N–H and O–H groups in total. The highest BCUT2D eigenvalue weighted by molar-refractivity contribution is 5.90. The predicted molar refractivity (Wildman–Crippen MR) is 105 cm³/mol. The molecule has 15 heteroatoms. The van der Waals surface area contributed by atoms with Crippen LogP contribution in [0.15, 0.2) is 24.7 Å². The molecule has 3 aromatic rings. The average Bonchev–Trinajstić information content (AvgIpc) is 3.35. The van der Waals surface area contributed by atoms with Gasteiger partial charge in [0.15, 0.2) is 23.2 Å². The van der Waals surface area contributed by atoms with Crippen LogP contribution in [0.25, 0.3) is 5.82 Å². The fourth-order valence-electron chi connectivity index (χ4n) is 3.39. The Bertz CT molecular complexity index is 1190. The Balaban J connectivity index is 1.41. The van der Waals surface area contributed by atoms with E-state index < -0.39 is 48.6 Å². The fraction of sp³-hybridized carbons (Fsp3) is 0.421. The van der Waals surface area contributed by atoms with Crippen molar-refractivity contribution >= 4 is 11.6 Å². The average molecular weight is 488 g/mol. The molecule has 1 fully saturated rings. The number of halogens is 6. The van der Waals surface area contributed by atoms with Crippen molar-refractivity contribution in [3.63, 3.8) is 0 Å². The summed E-state index contributed by atoms with van der Waals surface area (Å²) in [6.07, 6.45) is -2.54. The van der Waals surface area contributed by atoms with Gasteiger partial charge in [0, 0.05) is 18.2 Å². The van der Waals surface area contributed by atoms with Crippen molar-refractivity contribution in [2.45, 2.75) is 44.5 Å². The molecule has 1 saturated heterocycles. The zero-order valence-electron chi connectivity index (χ0n) is 17.6. The van der Waals surface area contributed by atoms with E-state index in [4.69, 9.17) is 0 Å². The summed E-state index contributed by atoms with van der Waals surface area (Å²) in [5.41, 5.74) is -1.04. The van der Waals surface area contributed by atoms with Gasteiger partial charge in [0.25, 0.3) is 5.92 Å². The topological polar surface area (TPSA) is 103 Å². The van der Waals surface area contributed by atoms with Gasteiger partial charge in [-0.3, -0.25) is 9.48 Å².